The number of nitrogens with zero attached hydrogens (tertiary/aromatic N) is 4. The predicted molar refractivity (Wildman–Crippen MR) is 120 cm³/mol. The molecule has 0 radical (unpaired) electrons. The smallest absolute Gasteiger partial charge is 0.222 e. The van der Waals surface area contributed by atoms with Crippen molar-refractivity contribution < 1.29 is 9.53 Å². The number of aromatic nitrogens is 2. The van der Waals surface area contributed by atoms with E-state index in [2.05, 4.69) is 22.0 Å². The van der Waals surface area contributed by atoms with E-state index >= 15 is 0 Å². The van der Waals surface area contributed by atoms with Crippen LogP contribution in [0, 0.1) is 6.92 Å². The molecular weight excluding hydrogens is 396 g/mol. The monoisotopic (exact) mass is 428 g/mol. The average Bonchev–Trinajstić information content (AvgIpc) is 3.29. The molecule has 1 aliphatic heterocycles. The van der Waals surface area contributed by atoms with Gasteiger partial charge in [-0.3, -0.25) is 4.79 Å². The quantitative estimate of drug-likeness (QED) is 0.612. The number of anilines is 1. The highest BCUT2D eigenvalue weighted by Crippen LogP contribution is 2.36. The molecular formula is C23H32N4O2S. The summed E-state index contributed by atoms with van der Waals surface area (Å²) in [6.07, 6.45) is 7.78. The molecule has 2 aromatic rings. The molecule has 0 unspecified atom stereocenters. The van der Waals surface area contributed by atoms with E-state index in [4.69, 9.17) is 4.74 Å². The van der Waals surface area contributed by atoms with Crippen LogP contribution in [0.15, 0.2) is 24.3 Å². The molecule has 1 aromatic heterocycles. The van der Waals surface area contributed by atoms with Gasteiger partial charge in [-0.1, -0.05) is 48.3 Å². The topological polar surface area (TPSA) is 58.6 Å². The van der Waals surface area contributed by atoms with Gasteiger partial charge in [0.2, 0.25) is 11.0 Å². The van der Waals surface area contributed by atoms with E-state index in [9.17, 15) is 4.79 Å². The molecule has 162 valence electrons. The second-order valence-corrected chi connectivity index (χ2v) is 9.38. The van der Waals surface area contributed by atoms with Crippen molar-refractivity contribution in [1.29, 1.82) is 0 Å². The fourth-order valence-corrected chi connectivity index (χ4v) is 5.29. The Bertz CT molecular complexity index is 809. The minimum Gasteiger partial charge on any atom is -0.494 e. The van der Waals surface area contributed by atoms with Crippen LogP contribution in [0.5, 0.6) is 5.75 Å². The lowest BCUT2D eigenvalue weighted by molar-refractivity contribution is -0.131. The van der Waals surface area contributed by atoms with E-state index in [1.54, 1.807) is 11.3 Å². The molecule has 2 aliphatic rings. The third-order valence-electron chi connectivity index (χ3n) is 6.11. The largest absolute Gasteiger partial charge is 0.494 e. The molecule has 1 saturated heterocycles. The molecule has 30 heavy (non-hydrogen) atoms. The van der Waals surface area contributed by atoms with Gasteiger partial charge in [0.15, 0.2) is 0 Å². The van der Waals surface area contributed by atoms with Gasteiger partial charge in [0, 0.05) is 38.5 Å². The molecule has 1 aliphatic carbocycles. The molecule has 7 heteroatoms. The van der Waals surface area contributed by atoms with Crippen molar-refractivity contribution >= 4 is 22.4 Å². The summed E-state index contributed by atoms with van der Waals surface area (Å²) >= 11 is 1.75. The van der Waals surface area contributed by atoms with E-state index in [0.717, 1.165) is 43.5 Å². The van der Waals surface area contributed by atoms with Gasteiger partial charge >= 0.3 is 0 Å². The Morgan fingerprint density at radius 3 is 2.53 bits per heavy atom. The lowest BCUT2D eigenvalue weighted by Gasteiger charge is -2.34. The summed E-state index contributed by atoms with van der Waals surface area (Å²) in [6.45, 7) is 5.83. The molecule has 1 amide bonds. The number of hydrogen-bond acceptors (Lipinski definition) is 6. The maximum atomic E-state index is 12.5. The van der Waals surface area contributed by atoms with Crippen molar-refractivity contribution in [2.75, 3.05) is 37.7 Å². The third kappa shape index (κ3) is 5.50. The molecule has 0 N–H and O–H groups in total. The van der Waals surface area contributed by atoms with Crippen LogP contribution < -0.4 is 9.64 Å². The summed E-state index contributed by atoms with van der Waals surface area (Å²) < 4.78 is 5.73. The molecule has 0 bridgehead atoms. The highest BCUT2D eigenvalue weighted by atomic mass is 32.1. The molecule has 1 aromatic carbocycles. The molecule has 4 rings (SSSR count). The van der Waals surface area contributed by atoms with Crippen LogP contribution in [-0.2, 0) is 4.79 Å². The first-order valence-corrected chi connectivity index (χ1v) is 12.1. The first-order chi connectivity index (χ1) is 14.7. The van der Waals surface area contributed by atoms with Crippen molar-refractivity contribution in [3.63, 3.8) is 0 Å². The minimum absolute atomic E-state index is 0.224. The summed E-state index contributed by atoms with van der Waals surface area (Å²) in [5, 5.41) is 11.2. The van der Waals surface area contributed by atoms with Crippen LogP contribution in [0.25, 0.3) is 0 Å². The number of carbonyl (C=O) groups is 1. The van der Waals surface area contributed by atoms with E-state index in [0.29, 0.717) is 18.9 Å². The SMILES string of the molecule is Cc1ccc(OCCCC(=O)N2CCN(c3nnc(C4CCCCC4)s3)CC2)cc1. The highest BCUT2D eigenvalue weighted by Gasteiger charge is 2.25. The maximum absolute atomic E-state index is 12.5. The van der Waals surface area contributed by atoms with Crippen LogP contribution in [0.1, 0.15) is 61.4 Å². The lowest BCUT2D eigenvalue weighted by Crippen LogP contribution is -2.48. The van der Waals surface area contributed by atoms with E-state index < -0.39 is 0 Å². The molecule has 0 spiro atoms. The second kappa shape index (κ2) is 10.2. The predicted octanol–water partition coefficient (Wildman–Crippen LogP) is 4.40. The second-order valence-electron chi connectivity index (χ2n) is 8.39. The highest BCUT2D eigenvalue weighted by molar-refractivity contribution is 7.15. The molecule has 1 saturated carbocycles. The molecule has 2 heterocycles. The minimum atomic E-state index is 0.224. The van der Waals surface area contributed by atoms with Crippen LogP contribution in [0.4, 0.5) is 5.13 Å². The third-order valence-corrected chi connectivity index (χ3v) is 7.26. The van der Waals surface area contributed by atoms with E-state index in [1.807, 2.05) is 29.2 Å². The summed E-state index contributed by atoms with van der Waals surface area (Å²) in [5.74, 6) is 1.70. The Morgan fingerprint density at radius 2 is 1.80 bits per heavy atom. The zero-order chi connectivity index (χ0) is 20.8. The zero-order valence-corrected chi connectivity index (χ0v) is 18.7. The Kier molecular flexibility index (Phi) is 7.20. The van der Waals surface area contributed by atoms with Gasteiger partial charge in [-0.05, 0) is 38.3 Å². The summed E-state index contributed by atoms with van der Waals surface area (Å²) in [6, 6.07) is 8.03. The van der Waals surface area contributed by atoms with Crippen molar-refractivity contribution in [2.24, 2.45) is 0 Å². The van der Waals surface area contributed by atoms with Gasteiger partial charge in [0.05, 0.1) is 6.61 Å². The number of amides is 1. The summed E-state index contributed by atoms with van der Waals surface area (Å²) in [4.78, 5) is 16.8. The van der Waals surface area contributed by atoms with Gasteiger partial charge in [-0.15, -0.1) is 10.2 Å². The molecule has 0 atom stereocenters. The summed E-state index contributed by atoms with van der Waals surface area (Å²) in [5.41, 5.74) is 1.22. The zero-order valence-electron chi connectivity index (χ0n) is 17.9. The Morgan fingerprint density at radius 1 is 1.07 bits per heavy atom. The van der Waals surface area contributed by atoms with Gasteiger partial charge < -0.3 is 14.5 Å². The number of carbonyl (C=O) groups excluding carboxylic acids is 1. The average molecular weight is 429 g/mol. The summed E-state index contributed by atoms with van der Waals surface area (Å²) in [7, 11) is 0. The van der Waals surface area contributed by atoms with Gasteiger partial charge in [0.25, 0.3) is 0 Å². The van der Waals surface area contributed by atoms with E-state index in [1.165, 1.54) is 42.7 Å². The fourth-order valence-electron chi connectivity index (χ4n) is 4.22. The first kappa shape index (κ1) is 21.1. The van der Waals surface area contributed by atoms with Gasteiger partial charge in [0.1, 0.15) is 10.8 Å². The molecule has 2 fully saturated rings. The van der Waals surface area contributed by atoms with Crippen molar-refractivity contribution in [3.8, 4) is 5.75 Å². The standard InChI is InChI=1S/C23H32N4O2S/c1-18-9-11-20(12-10-18)29-17-5-8-21(28)26-13-15-27(16-14-26)23-25-24-22(30-23)19-6-3-2-4-7-19/h9-12,19H,2-8,13-17H2,1H3. The lowest BCUT2D eigenvalue weighted by atomic mass is 9.90. The number of aryl methyl sites for hydroxylation is 1. The maximum Gasteiger partial charge on any atom is 0.222 e. The number of benzene rings is 1. The first-order valence-electron chi connectivity index (χ1n) is 11.2. The Hall–Kier alpha value is -2.15. The molecule has 6 nitrogen and oxygen atoms in total. The van der Waals surface area contributed by atoms with Gasteiger partial charge in [-0.25, -0.2) is 0 Å². The number of piperazine rings is 1. The Balaban J connectivity index is 1.17. The van der Waals surface area contributed by atoms with Gasteiger partial charge in [-0.2, -0.15) is 0 Å². The number of ether oxygens (including phenoxy) is 1. The fraction of sp³-hybridized carbons (Fsp3) is 0.609. The van der Waals surface area contributed by atoms with Crippen LogP contribution in [-0.4, -0.2) is 53.8 Å². The van der Waals surface area contributed by atoms with Crippen molar-refractivity contribution in [2.45, 2.75) is 57.8 Å². The van der Waals surface area contributed by atoms with E-state index in [-0.39, 0.29) is 5.91 Å². The normalized spacial score (nSPS) is 17.9. The van der Waals surface area contributed by atoms with Crippen LogP contribution >= 0.6 is 11.3 Å². The van der Waals surface area contributed by atoms with Crippen LogP contribution in [0.3, 0.4) is 0 Å². The number of hydrogen-bond donors (Lipinski definition) is 0. The number of rotatable bonds is 7. The van der Waals surface area contributed by atoms with Crippen LogP contribution in [0.2, 0.25) is 0 Å². The van der Waals surface area contributed by atoms with Crippen molar-refractivity contribution in [3.05, 3.63) is 34.8 Å². The Labute approximate surface area is 183 Å². The van der Waals surface area contributed by atoms with Crippen molar-refractivity contribution in [1.82, 2.24) is 15.1 Å².